The lowest BCUT2D eigenvalue weighted by atomic mass is 10.1. The molecular formula is C16H23ClN4. The number of hydrogen-bond acceptors (Lipinski definition) is 4. The molecule has 0 amide bonds. The first-order chi connectivity index (χ1) is 10.3. The summed E-state index contributed by atoms with van der Waals surface area (Å²) in [5.74, 6) is 1.10. The van der Waals surface area contributed by atoms with Crippen LogP contribution in [0.3, 0.4) is 0 Å². The van der Waals surface area contributed by atoms with E-state index in [9.17, 15) is 0 Å². The molecule has 5 heteroatoms. The number of halogens is 1. The third-order valence-electron chi connectivity index (χ3n) is 4.28. The molecule has 0 spiro atoms. The molecule has 1 aromatic rings. The summed E-state index contributed by atoms with van der Waals surface area (Å²) in [5, 5.41) is 5.25. The summed E-state index contributed by atoms with van der Waals surface area (Å²) in [6.07, 6.45) is 4.88. The van der Waals surface area contributed by atoms with E-state index in [1.54, 1.807) is 0 Å². The van der Waals surface area contributed by atoms with E-state index in [2.05, 4.69) is 26.4 Å². The minimum Gasteiger partial charge on any atom is -0.338 e. The lowest BCUT2D eigenvalue weighted by Gasteiger charge is -2.29. The Morgan fingerprint density at radius 3 is 2.71 bits per heavy atom. The zero-order chi connectivity index (χ0) is 14.5. The van der Waals surface area contributed by atoms with Crippen molar-refractivity contribution in [2.24, 2.45) is 5.10 Å². The summed E-state index contributed by atoms with van der Waals surface area (Å²) >= 11 is 6.25. The van der Waals surface area contributed by atoms with Crippen molar-refractivity contribution in [1.29, 1.82) is 0 Å². The Hall–Kier alpha value is -1.26. The molecule has 1 fully saturated rings. The number of rotatable bonds is 5. The van der Waals surface area contributed by atoms with Crippen LogP contribution >= 0.6 is 11.6 Å². The Balaban J connectivity index is 1.54. The van der Waals surface area contributed by atoms with Crippen LogP contribution in [0.4, 0.5) is 0 Å². The second-order valence-corrected chi connectivity index (χ2v) is 6.19. The van der Waals surface area contributed by atoms with E-state index in [0.717, 1.165) is 42.6 Å². The van der Waals surface area contributed by atoms with Crippen molar-refractivity contribution in [2.45, 2.75) is 25.7 Å². The molecule has 0 saturated carbocycles. The predicted molar refractivity (Wildman–Crippen MR) is 87.6 cm³/mol. The first-order valence-electron chi connectivity index (χ1n) is 7.83. The van der Waals surface area contributed by atoms with E-state index in [-0.39, 0.29) is 0 Å². The van der Waals surface area contributed by atoms with Crippen LogP contribution in [0.15, 0.2) is 29.4 Å². The van der Waals surface area contributed by atoms with Gasteiger partial charge in [0.2, 0.25) is 0 Å². The zero-order valence-electron chi connectivity index (χ0n) is 12.4. The normalized spacial score (nSPS) is 19.5. The van der Waals surface area contributed by atoms with Gasteiger partial charge in [-0.1, -0.05) is 36.2 Å². The fraction of sp³-hybridized carbons (Fsp3) is 0.562. The van der Waals surface area contributed by atoms with Gasteiger partial charge < -0.3 is 9.80 Å². The predicted octanol–water partition coefficient (Wildman–Crippen LogP) is 2.54. The fourth-order valence-electron chi connectivity index (χ4n) is 2.99. The molecule has 2 aliphatic rings. The van der Waals surface area contributed by atoms with Gasteiger partial charge in [0.15, 0.2) is 0 Å². The average Bonchev–Trinajstić information content (AvgIpc) is 2.96. The molecular weight excluding hydrogens is 284 g/mol. The summed E-state index contributed by atoms with van der Waals surface area (Å²) in [6, 6.07) is 8.01. The monoisotopic (exact) mass is 306 g/mol. The van der Waals surface area contributed by atoms with Crippen molar-refractivity contribution >= 4 is 17.4 Å². The molecule has 3 rings (SSSR count). The first kappa shape index (κ1) is 14.7. The van der Waals surface area contributed by atoms with Gasteiger partial charge in [0.25, 0.3) is 0 Å². The van der Waals surface area contributed by atoms with Crippen LogP contribution in [0, 0.1) is 0 Å². The summed E-state index contributed by atoms with van der Waals surface area (Å²) in [4.78, 5) is 4.90. The van der Waals surface area contributed by atoms with Gasteiger partial charge in [-0.25, -0.2) is 0 Å². The van der Waals surface area contributed by atoms with Gasteiger partial charge in [0, 0.05) is 24.5 Å². The Kier molecular flexibility index (Phi) is 4.99. The highest BCUT2D eigenvalue weighted by Crippen LogP contribution is 2.17. The van der Waals surface area contributed by atoms with Crippen molar-refractivity contribution in [2.75, 3.05) is 32.8 Å². The number of benzene rings is 1. The van der Waals surface area contributed by atoms with E-state index in [1.165, 1.54) is 32.4 Å². The van der Waals surface area contributed by atoms with E-state index in [4.69, 9.17) is 11.6 Å². The maximum absolute atomic E-state index is 6.25. The van der Waals surface area contributed by atoms with Crippen LogP contribution in [0.2, 0.25) is 5.02 Å². The summed E-state index contributed by atoms with van der Waals surface area (Å²) < 4.78 is 0. The van der Waals surface area contributed by atoms with Crippen molar-refractivity contribution in [3.63, 3.8) is 0 Å². The molecule has 2 aliphatic heterocycles. The number of hydrazone groups is 1. The molecule has 21 heavy (non-hydrogen) atoms. The smallest absolute Gasteiger partial charge is 0.130 e. The van der Waals surface area contributed by atoms with E-state index in [1.807, 2.05) is 18.2 Å². The second kappa shape index (κ2) is 7.14. The highest BCUT2D eigenvalue weighted by Gasteiger charge is 2.19. The molecule has 1 N–H and O–H groups in total. The fourth-order valence-corrected chi connectivity index (χ4v) is 3.19. The van der Waals surface area contributed by atoms with Gasteiger partial charge in [0.1, 0.15) is 12.5 Å². The number of amidine groups is 1. The number of nitrogens with one attached hydrogen (secondary N) is 1. The molecule has 0 bridgehead atoms. The van der Waals surface area contributed by atoms with Crippen LogP contribution in [0.25, 0.3) is 0 Å². The highest BCUT2D eigenvalue weighted by atomic mass is 35.5. The van der Waals surface area contributed by atoms with Crippen LogP contribution in [-0.2, 0) is 6.42 Å². The molecule has 0 unspecified atom stereocenters. The van der Waals surface area contributed by atoms with Gasteiger partial charge in [-0.05, 0) is 37.6 Å². The van der Waals surface area contributed by atoms with Crippen molar-refractivity contribution < 1.29 is 0 Å². The van der Waals surface area contributed by atoms with Gasteiger partial charge in [-0.3, -0.25) is 5.43 Å². The van der Waals surface area contributed by atoms with E-state index in [0.29, 0.717) is 0 Å². The first-order valence-corrected chi connectivity index (χ1v) is 8.21. The minimum absolute atomic E-state index is 0.798. The maximum Gasteiger partial charge on any atom is 0.130 e. The Bertz CT molecular complexity index is 497. The SMILES string of the molecule is Clc1ccccc1CC1=NNCN1CCN1CCCCC1. The summed E-state index contributed by atoms with van der Waals surface area (Å²) in [5.41, 5.74) is 4.25. The molecule has 0 aromatic heterocycles. The van der Waals surface area contributed by atoms with Gasteiger partial charge in [0.05, 0.1) is 0 Å². The molecule has 0 aliphatic carbocycles. The summed E-state index contributed by atoms with van der Waals surface area (Å²) in [6.45, 7) is 5.48. The largest absolute Gasteiger partial charge is 0.338 e. The number of nitrogens with zero attached hydrogens (tertiary/aromatic N) is 3. The van der Waals surface area contributed by atoms with E-state index < -0.39 is 0 Å². The standard InChI is InChI=1S/C16H23ClN4/c17-15-7-3-2-6-14(15)12-16-19-18-13-21(16)11-10-20-8-4-1-5-9-20/h2-3,6-7,18H,1,4-5,8-13H2. The van der Waals surface area contributed by atoms with Crippen molar-refractivity contribution in [3.05, 3.63) is 34.9 Å². The van der Waals surface area contributed by atoms with Gasteiger partial charge in [-0.15, -0.1) is 0 Å². The lowest BCUT2D eigenvalue weighted by Crippen LogP contribution is -2.40. The third kappa shape index (κ3) is 3.89. The summed E-state index contributed by atoms with van der Waals surface area (Å²) in [7, 11) is 0. The second-order valence-electron chi connectivity index (χ2n) is 5.78. The zero-order valence-corrected chi connectivity index (χ0v) is 13.1. The highest BCUT2D eigenvalue weighted by molar-refractivity contribution is 6.31. The van der Waals surface area contributed by atoms with Crippen molar-refractivity contribution in [3.8, 4) is 0 Å². The number of piperidine rings is 1. The number of hydrogen-bond donors (Lipinski definition) is 1. The maximum atomic E-state index is 6.25. The van der Waals surface area contributed by atoms with Gasteiger partial charge >= 0.3 is 0 Å². The quantitative estimate of drug-likeness (QED) is 0.907. The number of likely N-dealkylation sites (tertiary alicyclic amines) is 1. The van der Waals surface area contributed by atoms with Crippen LogP contribution in [0.1, 0.15) is 24.8 Å². The van der Waals surface area contributed by atoms with Crippen LogP contribution in [0.5, 0.6) is 0 Å². The van der Waals surface area contributed by atoms with Gasteiger partial charge in [-0.2, -0.15) is 5.10 Å². The van der Waals surface area contributed by atoms with Crippen LogP contribution in [-0.4, -0.2) is 48.5 Å². The Labute approximate surface area is 131 Å². The molecule has 4 nitrogen and oxygen atoms in total. The lowest BCUT2D eigenvalue weighted by molar-refractivity contribution is 0.211. The van der Waals surface area contributed by atoms with Crippen LogP contribution < -0.4 is 5.43 Å². The van der Waals surface area contributed by atoms with E-state index >= 15 is 0 Å². The molecule has 1 saturated heterocycles. The minimum atomic E-state index is 0.798. The average molecular weight is 307 g/mol. The van der Waals surface area contributed by atoms with Crippen molar-refractivity contribution in [1.82, 2.24) is 15.2 Å². The molecule has 0 radical (unpaired) electrons. The Morgan fingerprint density at radius 1 is 1.10 bits per heavy atom. The molecule has 1 aromatic carbocycles. The third-order valence-corrected chi connectivity index (χ3v) is 4.64. The topological polar surface area (TPSA) is 30.9 Å². The Morgan fingerprint density at radius 2 is 1.90 bits per heavy atom. The molecule has 114 valence electrons. The molecule has 0 atom stereocenters. The molecule has 2 heterocycles.